The Bertz CT molecular complexity index is 729. The van der Waals surface area contributed by atoms with E-state index in [4.69, 9.17) is 18.9 Å². The van der Waals surface area contributed by atoms with Gasteiger partial charge in [0.1, 0.15) is 42.2 Å². The summed E-state index contributed by atoms with van der Waals surface area (Å²) in [4.78, 5) is 12.4. The van der Waals surface area contributed by atoms with E-state index in [0.717, 1.165) is 0 Å². The molecular formula is C20H28O11. The summed E-state index contributed by atoms with van der Waals surface area (Å²) >= 11 is 0. The number of aliphatic hydroxyl groups excluding tert-OH is 6. The van der Waals surface area contributed by atoms with Crippen molar-refractivity contribution < 1.29 is 54.4 Å². The molecule has 0 aromatic heterocycles. The van der Waals surface area contributed by atoms with Crippen LogP contribution in [0.25, 0.3) is 0 Å². The van der Waals surface area contributed by atoms with Gasteiger partial charge in [-0.3, -0.25) is 0 Å². The van der Waals surface area contributed by atoms with Crippen molar-refractivity contribution in [2.24, 2.45) is 0 Å². The normalized spacial score (nSPS) is 40.6. The van der Waals surface area contributed by atoms with Gasteiger partial charge >= 0.3 is 5.97 Å². The molecule has 2 aliphatic rings. The van der Waals surface area contributed by atoms with Crippen LogP contribution in [-0.4, -0.2) is 111 Å². The average molecular weight is 444 g/mol. The largest absolute Gasteiger partial charge is 0.453 e. The lowest BCUT2D eigenvalue weighted by atomic mass is 9.97. The Morgan fingerprint density at radius 3 is 2.29 bits per heavy atom. The van der Waals surface area contributed by atoms with E-state index in [1.54, 1.807) is 30.3 Å². The number of aliphatic hydroxyl groups is 6. The minimum atomic E-state index is -1.62. The molecule has 0 bridgehead atoms. The van der Waals surface area contributed by atoms with Crippen molar-refractivity contribution in [3.05, 3.63) is 35.9 Å². The number of ether oxygens (including phenoxy) is 4. The quantitative estimate of drug-likeness (QED) is 0.246. The predicted molar refractivity (Wildman–Crippen MR) is 102 cm³/mol. The maximum absolute atomic E-state index is 12.4. The molecule has 11 nitrogen and oxygen atoms in total. The number of esters is 1. The Labute approximate surface area is 178 Å². The molecule has 2 heterocycles. The second-order valence-corrected chi connectivity index (χ2v) is 7.84. The van der Waals surface area contributed by atoms with Gasteiger partial charge in [0.15, 0.2) is 12.4 Å². The van der Waals surface area contributed by atoms with E-state index >= 15 is 0 Å². The molecule has 0 saturated carbocycles. The van der Waals surface area contributed by atoms with Crippen LogP contribution >= 0.6 is 0 Å². The van der Waals surface area contributed by atoms with Gasteiger partial charge in [-0.2, -0.15) is 0 Å². The fraction of sp³-hybridized carbons (Fsp3) is 0.650. The Hall–Kier alpha value is -1.67. The van der Waals surface area contributed by atoms with Crippen molar-refractivity contribution in [3.8, 4) is 0 Å². The highest BCUT2D eigenvalue weighted by molar-refractivity contribution is 5.89. The SMILES string of the molecule is C[C@@]1(CO)O[C@H](CO[C@H]2O[C@@H](CO)[C@H](O)[C@@H](O)[C@@H]2O)[C@@H](O)[C@H]1OC(=O)c1ccccc1. The van der Waals surface area contributed by atoms with Crippen LogP contribution in [0, 0.1) is 0 Å². The molecule has 174 valence electrons. The molecule has 2 aliphatic heterocycles. The van der Waals surface area contributed by atoms with E-state index in [9.17, 15) is 35.4 Å². The van der Waals surface area contributed by atoms with Crippen molar-refractivity contribution in [2.75, 3.05) is 19.8 Å². The Morgan fingerprint density at radius 2 is 1.68 bits per heavy atom. The zero-order valence-electron chi connectivity index (χ0n) is 16.9. The molecular weight excluding hydrogens is 416 g/mol. The topological polar surface area (TPSA) is 175 Å². The lowest BCUT2D eigenvalue weighted by Gasteiger charge is -2.39. The second kappa shape index (κ2) is 9.86. The lowest BCUT2D eigenvalue weighted by Crippen LogP contribution is -2.59. The number of carbonyl (C=O) groups excluding carboxylic acids is 1. The highest BCUT2D eigenvalue weighted by Gasteiger charge is 2.54. The molecule has 11 heteroatoms. The number of hydrogen-bond acceptors (Lipinski definition) is 11. The third kappa shape index (κ3) is 4.90. The van der Waals surface area contributed by atoms with E-state index in [1.807, 2.05) is 0 Å². The van der Waals surface area contributed by atoms with Gasteiger partial charge in [-0.1, -0.05) is 18.2 Å². The minimum absolute atomic E-state index is 0.260. The molecule has 1 aromatic rings. The fourth-order valence-corrected chi connectivity index (χ4v) is 3.65. The van der Waals surface area contributed by atoms with Gasteiger partial charge in [0.2, 0.25) is 0 Å². The molecule has 2 saturated heterocycles. The lowest BCUT2D eigenvalue weighted by molar-refractivity contribution is -0.306. The minimum Gasteiger partial charge on any atom is -0.453 e. The summed E-state index contributed by atoms with van der Waals surface area (Å²) in [7, 11) is 0. The van der Waals surface area contributed by atoms with Crippen LogP contribution in [0.2, 0.25) is 0 Å². The number of carbonyl (C=O) groups is 1. The summed E-state index contributed by atoms with van der Waals surface area (Å²) in [6.07, 6.45) is -11.0. The van der Waals surface area contributed by atoms with Crippen LogP contribution in [0.5, 0.6) is 0 Å². The van der Waals surface area contributed by atoms with E-state index in [1.165, 1.54) is 6.92 Å². The highest BCUT2D eigenvalue weighted by atomic mass is 16.7. The molecule has 1 aromatic carbocycles. The van der Waals surface area contributed by atoms with Crippen molar-refractivity contribution in [3.63, 3.8) is 0 Å². The van der Waals surface area contributed by atoms with Crippen molar-refractivity contribution >= 4 is 5.97 Å². The first-order chi connectivity index (χ1) is 14.7. The first-order valence-corrected chi connectivity index (χ1v) is 9.86. The van der Waals surface area contributed by atoms with Gasteiger partial charge in [0, 0.05) is 0 Å². The van der Waals surface area contributed by atoms with Gasteiger partial charge in [-0.15, -0.1) is 0 Å². The first kappa shape index (κ1) is 24.0. The first-order valence-electron chi connectivity index (χ1n) is 9.86. The monoisotopic (exact) mass is 444 g/mol. The number of benzene rings is 1. The summed E-state index contributed by atoms with van der Waals surface area (Å²) in [5.41, 5.74) is -1.16. The molecule has 6 N–H and O–H groups in total. The summed E-state index contributed by atoms with van der Waals surface area (Å²) in [6, 6.07) is 8.12. The van der Waals surface area contributed by atoms with Gasteiger partial charge in [-0.25, -0.2) is 4.79 Å². The summed E-state index contributed by atoms with van der Waals surface area (Å²) in [5, 5.41) is 59.4. The van der Waals surface area contributed by atoms with Crippen LogP contribution in [0.3, 0.4) is 0 Å². The molecule has 2 fully saturated rings. The van der Waals surface area contributed by atoms with E-state index in [2.05, 4.69) is 0 Å². The smallest absolute Gasteiger partial charge is 0.338 e. The van der Waals surface area contributed by atoms with Crippen LogP contribution in [0.4, 0.5) is 0 Å². The van der Waals surface area contributed by atoms with Crippen molar-refractivity contribution in [2.45, 2.75) is 61.5 Å². The maximum Gasteiger partial charge on any atom is 0.338 e. The third-order valence-electron chi connectivity index (χ3n) is 5.54. The molecule has 3 rings (SSSR count). The van der Waals surface area contributed by atoms with Gasteiger partial charge < -0.3 is 49.6 Å². The van der Waals surface area contributed by atoms with Crippen LogP contribution in [0.15, 0.2) is 30.3 Å². The molecule has 0 radical (unpaired) electrons. The third-order valence-corrected chi connectivity index (χ3v) is 5.54. The van der Waals surface area contributed by atoms with Crippen molar-refractivity contribution in [1.82, 2.24) is 0 Å². The van der Waals surface area contributed by atoms with Gasteiger partial charge in [0.05, 0.1) is 25.4 Å². The number of hydrogen-bond donors (Lipinski definition) is 6. The Morgan fingerprint density at radius 1 is 1.00 bits per heavy atom. The fourth-order valence-electron chi connectivity index (χ4n) is 3.65. The molecule has 9 atom stereocenters. The Balaban J connectivity index is 1.65. The van der Waals surface area contributed by atoms with Crippen LogP contribution in [-0.2, 0) is 18.9 Å². The van der Waals surface area contributed by atoms with E-state index in [-0.39, 0.29) is 12.2 Å². The average Bonchev–Trinajstić information content (AvgIpc) is 3.02. The van der Waals surface area contributed by atoms with Crippen LogP contribution in [0.1, 0.15) is 17.3 Å². The maximum atomic E-state index is 12.4. The number of rotatable bonds is 7. The summed E-state index contributed by atoms with van der Waals surface area (Å²) < 4.78 is 21.8. The molecule has 0 unspecified atom stereocenters. The molecule has 31 heavy (non-hydrogen) atoms. The highest BCUT2D eigenvalue weighted by Crippen LogP contribution is 2.34. The van der Waals surface area contributed by atoms with Crippen molar-refractivity contribution in [1.29, 1.82) is 0 Å². The van der Waals surface area contributed by atoms with Crippen LogP contribution < -0.4 is 0 Å². The molecule has 0 spiro atoms. The second-order valence-electron chi connectivity index (χ2n) is 7.84. The van der Waals surface area contributed by atoms with E-state index in [0.29, 0.717) is 0 Å². The Kier molecular flexibility index (Phi) is 7.63. The zero-order valence-corrected chi connectivity index (χ0v) is 16.9. The zero-order chi connectivity index (χ0) is 22.8. The van der Waals surface area contributed by atoms with E-state index < -0.39 is 73.8 Å². The van der Waals surface area contributed by atoms with Gasteiger partial charge in [0.25, 0.3) is 0 Å². The summed E-state index contributed by atoms with van der Waals surface area (Å²) in [6.45, 7) is -0.0767. The molecule has 0 amide bonds. The van der Waals surface area contributed by atoms with Gasteiger partial charge in [-0.05, 0) is 19.1 Å². The molecule has 0 aliphatic carbocycles. The predicted octanol–water partition coefficient (Wildman–Crippen LogP) is -2.46. The summed E-state index contributed by atoms with van der Waals surface area (Å²) in [5.74, 6) is -0.705. The standard InChI is InChI=1S/C20H28O11/c1-20(9-22)17(30-18(27)10-5-3-2-4-6-10)14(24)12(31-20)8-28-19-16(26)15(25)13(23)11(7-21)29-19/h2-6,11-17,19,21-26H,7-9H2,1H3/t11-,12+,13-,14+,15+,16-,17+,19-,20-/m0/s1.